The lowest BCUT2D eigenvalue weighted by atomic mass is 10.1. The van der Waals surface area contributed by atoms with Crippen molar-refractivity contribution in [2.45, 2.75) is 26.8 Å². The SMILES string of the molecule is CCNC(=NCc1ccc(C)c(F)c1)NCCc1cccnc1. The van der Waals surface area contributed by atoms with Gasteiger partial charge < -0.3 is 10.6 Å². The molecule has 2 N–H and O–H groups in total. The van der Waals surface area contributed by atoms with Gasteiger partial charge in [0.05, 0.1) is 6.54 Å². The Balaban J connectivity index is 1.90. The van der Waals surface area contributed by atoms with Gasteiger partial charge >= 0.3 is 0 Å². The predicted molar refractivity (Wildman–Crippen MR) is 91.9 cm³/mol. The van der Waals surface area contributed by atoms with Crippen LogP contribution in [0.5, 0.6) is 0 Å². The lowest BCUT2D eigenvalue weighted by Gasteiger charge is -2.11. The first-order valence-electron chi connectivity index (χ1n) is 7.85. The molecule has 2 aromatic rings. The van der Waals surface area contributed by atoms with Crippen molar-refractivity contribution in [2.75, 3.05) is 13.1 Å². The first kappa shape index (κ1) is 16.9. The average Bonchev–Trinajstić information content (AvgIpc) is 2.56. The summed E-state index contributed by atoms with van der Waals surface area (Å²) < 4.78 is 13.6. The molecular weight excluding hydrogens is 291 g/mol. The molecule has 0 unspecified atom stereocenters. The van der Waals surface area contributed by atoms with E-state index >= 15 is 0 Å². The number of rotatable bonds is 6. The molecule has 5 heteroatoms. The zero-order chi connectivity index (χ0) is 16.5. The Morgan fingerprint density at radius 2 is 2.09 bits per heavy atom. The molecule has 0 radical (unpaired) electrons. The van der Waals surface area contributed by atoms with Gasteiger partial charge in [-0.2, -0.15) is 0 Å². The van der Waals surface area contributed by atoms with E-state index in [4.69, 9.17) is 0 Å². The molecule has 0 aliphatic carbocycles. The van der Waals surface area contributed by atoms with E-state index in [0.29, 0.717) is 12.1 Å². The van der Waals surface area contributed by atoms with Crippen LogP contribution in [-0.2, 0) is 13.0 Å². The maximum Gasteiger partial charge on any atom is 0.191 e. The molecule has 0 atom stereocenters. The van der Waals surface area contributed by atoms with Gasteiger partial charge in [0.25, 0.3) is 0 Å². The molecule has 1 aromatic heterocycles. The van der Waals surface area contributed by atoms with Crippen molar-refractivity contribution in [3.8, 4) is 0 Å². The zero-order valence-corrected chi connectivity index (χ0v) is 13.6. The van der Waals surface area contributed by atoms with Crippen LogP contribution in [0.15, 0.2) is 47.7 Å². The molecule has 2 rings (SSSR count). The van der Waals surface area contributed by atoms with Gasteiger partial charge in [-0.05, 0) is 49.1 Å². The fourth-order valence-corrected chi connectivity index (χ4v) is 2.12. The summed E-state index contributed by atoms with van der Waals surface area (Å²) in [5.74, 6) is 0.546. The molecule has 122 valence electrons. The molecule has 1 aromatic carbocycles. The highest BCUT2D eigenvalue weighted by atomic mass is 19.1. The van der Waals surface area contributed by atoms with Crippen LogP contribution < -0.4 is 10.6 Å². The molecule has 23 heavy (non-hydrogen) atoms. The first-order valence-corrected chi connectivity index (χ1v) is 7.85. The number of pyridine rings is 1. The van der Waals surface area contributed by atoms with E-state index in [2.05, 4.69) is 20.6 Å². The maximum atomic E-state index is 13.6. The number of nitrogens with one attached hydrogen (secondary N) is 2. The van der Waals surface area contributed by atoms with Crippen molar-refractivity contribution < 1.29 is 4.39 Å². The Labute approximate surface area is 136 Å². The number of guanidine groups is 1. The Bertz CT molecular complexity index is 641. The monoisotopic (exact) mass is 314 g/mol. The van der Waals surface area contributed by atoms with Crippen LogP contribution in [0.1, 0.15) is 23.6 Å². The normalized spacial score (nSPS) is 11.3. The van der Waals surface area contributed by atoms with E-state index < -0.39 is 0 Å². The van der Waals surface area contributed by atoms with Crippen molar-refractivity contribution in [1.82, 2.24) is 15.6 Å². The molecule has 0 aliphatic rings. The molecule has 0 spiro atoms. The summed E-state index contributed by atoms with van der Waals surface area (Å²) in [5, 5.41) is 6.48. The predicted octanol–water partition coefficient (Wildman–Crippen LogP) is 2.83. The summed E-state index contributed by atoms with van der Waals surface area (Å²) in [5.41, 5.74) is 2.69. The highest BCUT2D eigenvalue weighted by molar-refractivity contribution is 5.79. The van der Waals surface area contributed by atoms with E-state index in [1.165, 1.54) is 11.6 Å². The second-order valence-electron chi connectivity index (χ2n) is 5.32. The Kier molecular flexibility index (Phi) is 6.54. The number of hydrogen-bond acceptors (Lipinski definition) is 2. The van der Waals surface area contributed by atoms with Gasteiger partial charge in [-0.25, -0.2) is 9.38 Å². The van der Waals surface area contributed by atoms with Crippen LogP contribution in [0.4, 0.5) is 4.39 Å². The standard InChI is InChI=1S/C18H23FN4/c1-3-21-18(22-10-8-15-5-4-9-20-12-15)23-13-16-7-6-14(2)17(19)11-16/h4-7,9,11-12H,3,8,10,13H2,1-2H3,(H2,21,22,23). The van der Waals surface area contributed by atoms with Crippen molar-refractivity contribution in [2.24, 2.45) is 4.99 Å². The topological polar surface area (TPSA) is 49.3 Å². The second-order valence-corrected chi connectivity index (χ2v) is 5.32. The summed E-state index contributed by atoms with van der Waals surface area (Å²) in [6.45, 7) is 5.76. The van der Waals surface area contributed by atoms with Gasteiger partial charge in [0.2, 0.25) is 0 Å². The van der Waals surface area contributed by atoms with E-state index in [9.17, 15) is 4.39 Å². The number of aromatic nitrogens is 1. The van der Waals surface area contributed by atoms with E-state index in [1.807, 2.05) is 31.3 Å². The molecular formula is C18H23FN4. The van der Waals surface area contributed by atoms with E-state index in [1.54, 1.807) is 19.2 Å². The van der Waals surface area contributed by atoms with Gasteiger partial charge in [-0.3, -0.25) is 4.98 Å². The van der Waals surface area contributed by atoms with Crippen molar-refractivity contribution in [1.29, 1.82) is 0 Å². The molecule has 4 nitrogen and oxygen atoms in total. The first-order chi connectivity index (χ1) is 11.2. The highest BCUT2D eigenvalue weighted by Gasteiger charge is 2.01. The zero-order valence-electron chi connectivity index (χ0n) is 13.6. The third-order valence-electron chi connectivity index (χ3n) is 3.43. The highest BCUT2D eigenvalue weighted by Crippen LogP contribution is 2.09. The third kappa shape index (κ3) is 5.70. The minimum atomic E-state index is -0.188. The summed E-state index contributed by atoms with van der Waals surface area (Å²) in [6.07, 6.45) is 4.50. The molecule has 0 aliphatic heterocycles. The lowest BCUT2D eigenvalue weighted by Crippen LogP contribution is -2.38. The van der Waals surface area contributed by atoms with Crippen molar-refractivity contribution >= 4 is 5.96 Å². The summed E-state index contributed by atoms with van der Waals surface area (Å²) in [7, 11) is 0. The van der Waals surface area contributed by atoms with Crippen molar-refractivity contribution in [3.63, 3.8) is 0 Å². The maximum absolute atomic E-state index is 13.6. The van der Waals surface area contributed by atoms with Crippen molar-refractivity contribution in [3.05, 3.63) is 65.2 Å². The van der Waals surface area contributed by atoms with Crippen LogP contribution in [0, 0.1) is 12.7 Å². The smallest absolute Gasteiger partial charge is 0.191 e. The summed E-state index contributed by atoms with van der Waals surface area (Å²) in [4.78, 5) is 8.60. The van der Waals surface area contributed by atoms with Gasteiger partial charge in [0, 0.05) is 25.5 Å². The lowest BCUT2D eigenvalue weighted by molar-refractivity contribution is 0.616. The van der Waals surface area contributed by atoms with Crippen LogP contribution in [0.25, 0.3) is 0 Å². The number of hydrogen-bond donors (Lipinski definition) is 2. The molecule has 0 saturated heterocycles. The molecule has 0 saturated carbocycles. The fourth-order valence-electron chi connectivity index (χ4n) is 2.12. The third-order valence-corrected chi connectivity index (χ3v) is 3.43. The Morgan fingerprint density at radius 3 is 2.78 bits per heavy atom. The molecule has 0 amide bonds. The second kappa shape index (κ2) is 8.88. The average molecular weight is 314 g/mol. The van der Waals surface area contributed by atoms with Gasteiger partial charge in [-0.1, -0.05) is 18.2 Å². The fraction of sp³-hybridized carbons (Fsp3) is 0.333. The van der Waals surface area contributed by atoms with Crippen LogP contribution in [0.2, 0.25) is 0 Å². The number of benzene rings is 1. The minimum Gasteiger partial charge on any atom is -0.357 e. The van der Waals surface area contributed by atoms with Crippen LogP contribution >= 0.6 is 0 Å². The summed E-state index contributed by atoms with van der Waals surface area (Å²) >= 11 is 0. The largest absolute Gasteiger partial charge is 0.357 e. The minimum absolute atomic E-state index is 0.188. The van der Waals surface area contributed by atoms with Gasteiger partial charge in [0.15, 0.2) is 5.96 Å². The summed E-state index contributed by atoms with van der Waals surface area (Å²) in [6, 6.07) is 9.20. The number of halogens is 1. The molecule has 1 heterocycles. The molecule has 0 bridgehead atoms. The quantitative estimate of drug-likeness (QED) is 0.637. The van der Waals surface area contributed by atoms with E-state index in [-0.39, 0.29) is 5.82 Å². The Hall–Kier alpha value is -2.43. The molecule has 0 fully saturated rings. The van der Waals surface area contributed by atoms with Crippen LogP contribution in [-0.4, -0.2) is 24.0 Å². The number of nitrogens with zero attached hydrogens (tertiary/aromatic N) is 2. The van der Waals surface area contributed by atoms with Gasteiger partial charge in [-0.15, -0.1) is 0 Å². The number of aliphatic imine (C=N–C) groups is 1. The van der Waals surface area contributed by atoms with Crippen LogP contribution in [0.3, 0.4) is 0 Å². The Morgan fingerprint density at radius 1 is 1.22 bits per heavy atom. The van der Waals surface area contributed by atoms with Gasteiger partial charge in [0.1, 0.15) is 5.82 Å². The number of aryl methyl sites for hydroxylation is 1. The van der Waals surface area contributed by atoms with E-state index in [0.717, 1.165) is 31.0 Å².